The molecule has 0 rings (SSSR count). The van der Waals surface area contributed by atoms with E-state index in [0.29, 0.717) is 12.8 Å². The minimum absolute atomic E-state index is 0. The van der Waals surface area contributed by atoms with E-state index in [4.69, 9.17) is 61.6 Å². The summed E-state index contributed by atoms with van der Waals surface area (Å²) in [4.78, 5) is 36.4. The molecule has 0 aromatic carbocycles. The number of hydrogen-bond acceptors (Lipinski definition) is 9. The minimum Gasteiger partial charge on any atom is -0.462 e. The Morgan fingerprint density at radius 3 is 1.77 bits per heavy atom. The molecule has 0 aliphatic carbocycles. The summed E-state index contributed by atoms with van der Waals surface area (Å²) in [6, 6.07) is 0. The van der Waals surface area contributed by atoms with Gasteiger partial charge in [0.05, 0.1) is 19.8 Å². The second kappa shape index (κ2) is 40.4. The van der Waals surface area contributed by atoms with Gasteiger partial charge in [-0.25, -0.2) is 4.57 Å². The van der Waals surface area contributed by atoms with Gasteiger partial charge in [0.2, 0.25) is 0 Å². The van der Waals surface area contributed by atoms with Crippen molar-refractivity contribution in [2.45, 2.75) is 205 Å². The van der Waals surface area contributed by atoms with Gasteiger partial charge in [-0.2, -0.15) is 0 Å². The normalized spacial score (nSPS) is 26.7. The van der Waals surface area contributed by atoms with Gasteiger partial charge in [-0.05, 0) is 38.5 Å². The Bertz CT molecular complexity index is 2130. The van der Waals surface area contributed by atoms with E-state index in [9.17, 15) is 24.2 Å². The smallest absolute Gasteiger partial charge is 0.462 e. The van der Waals surface area contributed by atoms with E-state index in [-0.39, 0.29) is 42.4 Å². The monoisotopic (exact) mass is 803 g/mol. The second-order valence-electron chi connectivity index (χ2n) is 10.7. The quantitative estimate of drug-likeness (QED) is 0.0180. The molecule has 0 heterocycles. The number of unbranched alkanes of at least 4 members (excludes halogenated alkanes) is 11. The molecule has 52 heavy (non-hydrogen) atoms. The van der Waals surface area contributed by atoms with Crippen LogP contribution in [0.4, 0.5) is 0 Å². The number of aliphatic hydroxyl groups excluding tert-OH is 2. The zero-order valence-electron chi connectivity index (χ0n) is 61.2. The van der Waals surface area contributed by atoms with E-state index < -0.39 is 154 Å². The molecule has 0 bridgehead atoms. The van der Waals surface area contributed by atoms with Crippen molar-refractivity contribution in [2.75, 3.05) is 26.4 Å². The summed E-state index contributed by atoms with van der Waals surface area (Å²) in [5.74, 6) is -3.61. The van der Waals surface area contributed by atoms with Gasteiger partial charge in [0, 0.05) is 84.8 Å². The summed E-state index contributed by atoms with van der Waals surface area (Å²) < 4.78 is 285. The number of hydrogen-bond donors (Lipinski definition) is 3. The molecule has 0 aromatic heterocycles. The van der Waals surface area contributed by atoms with Gasteiger partial charge in [0.1, 0.15) is 12.7 Å². The Morgan fingerprint density at radius 1 is 0.712 bits per heavy atom. The summed E-state index contributed by atoms with van der Waals surface area (Å²) in [6.45, 7) is -6.67. The molecule has 0 aliphatic heterocycles. The van der Waals surface area contributed by atoms with Crippen molar-refractivity contribution < 1.29 is 90.3 Å². The number of carbonyl (C=O) groups excluding carboxylic acids is 2. The van der Waals surface area contributed by atoms with Crippen LogP contribution in [0.2, 0.25) is 0 Å². The van der Waals surface area contributed by atoms with Crippen LogP contribution in [0.5, 0.6) is 0 Å². The van der Waals surface area contributed by atoms with Crippen LogP contribution in [0.25, 0.3) is 0 Å². The van der Waals surface area contributed by atoms with Crippen LogP contribution in [0.3, 0.4) is 0 Å². The standard InChI is InChI=1S/C40H77O10P.Na/c1-3-5-7-9-11-13-15-17-18-20-22-24-26-28-30-32-40(44)50-38(36-49-51(45,46)48-34-37(42)33-41)35-47-39(43)31-29-27-25-23-21-19-16-14-12-10-8-6-4-2;/h17-18,37-38,41-42H,3-16,19-36H2,1-2H3,(H,45,46);/b18-17-;/t37?,38-;/m1./s1/i2D3,4D2,6D2,8D2,10D2,12D2,14D2,16D2,19D2,21D2,23D2,25D2,27D2,29D2,31D2;. The van der Waals surface area contributed by atoms with Crippen LogP contribution < -0.4 is 0 Å². The Morgan fingerprint density at radius 2 is 1.21 bits per heavy atom. The molecular formula is C40H77NaO10P. The molecule has 10 nitrogen and oxygen atoms in total. The summed E-state index contributed by atoms with van der Waals surface area (Å²) in [5, 5.41) is 18.5. The van der Waals surface area contributed by atoms with Crippen LogP contribution in [0, 0.1) is 0 Å². The van der Waals surface area contributed by atoms with Gasteiger partial charge >= 0.3 is 19.8 Å². The van der Waals surface area contributed by atoms with E-state index in [1.165, 1.54) is 32.1 Å². The maximum absolute atomic E-state index is 13.4. The fraction of sp³-hybridized carbons (Fsp3) is 0.900. The number of esters is 2. The first kappa shape index (κ1) is 20.4. The molecule has 0 aromatic rings. The third-order valence-corrected chi connectivity index (χ3v) is 7.27. The Balaban J connectivity index is 0. The van der Waals surface area contributed by atoms with Gasteiger partial charge < -0.3 is 24.6 Å². The van der Waals surface area contributed by atoms with Crippen molar-refractivity contribution in [3.8, 4) is 0 Å². The van der Waals surface area contributed by atoms with Gasteiger partial charge in [0.15, 0.2) is 6.10 Å². The molecule has 303 valence electrons. The molecule has 0 fully saturated rings. The van der Waals surface area contributed by atoms with E-state index >= 15 is 0 Å². The van der Waals surface area contributed by atoms with Gasteiger partial charge in [-0.15, -0.1) is 0 Å². The van der Waals surface area contributed by atoms with Crippen LogP contribution in [-0.4, -0.2) is 95.2 Å². The van der Waals surface area contributed by atoms with Gasteiger partial charge in [-0.3, -0.25) is 18.6 Å². The number of ether oxygens (including phenoxy) is 2. The largest absolute Gasteiger partial charge is 0.472 e. The maximum Gasteiger partial charge on any atom is 0.472 e. The predicted molar refractivity (Wildman–Crippen MR) is 211 cm³/mol. The van der Waals surface area contributed by atoms with Crippen LogP contribution in [-0.2, 0) is 32.7 Å². The zero-order chi connectivity index (χ0) is 65.3. The Labute approximate surface area is 383 Å². The average Bonchev–Trinajstić information content (AvgIpc) is 3.33. The summed E-state index contributed by atoms with van der Waals surface area (Å²) in [6.07, 6.45) is -58.0. The van der Waals surface area contributed by atoms with Crippen LogP contribution in [0.1, 0.15) is 235 Å². The molecule has 0 saturated heterocycles. The molecule has 3 N–H and O–H groups in total. The molecule has 2 unspecified atom stereocenters. The number of rotatable bonds is 39. The third kappa shape index (κ3) is 39.4. The number of phosphoric ester groups is 1. The molecule has 12 heteroatoms. The zero-order valence-corrected chi connectivity index (χ0v) is 33.1. The van der Waals surface area contributed by atoms with E-state index in [2.05, 4.69) is 23.6 Å². The van der Waals surface area contributed by atoms with Crippen molar-refractivity contribution in [2.24, 2.45) is 0 Å². The van der Waals surface area contributed by atoms with Crippen molar-refractivity contribution in [1.29, 1.82) is 0 Å². The van der Waals surface area contributed by atoms with Crippen molar-refractivity contribution in [3.05, 3.63) is 12.2 Å². The number of aliphatic hydroxyl groups is 2. The van der Waals surface area contributed by atoms with E-state index in [0.717, 1.165) is 32.1 Å². The SMILES string of the molecule is [2H]C([2H])([2H])C([2H])([2H])C([2H])([2H])C([2H])([2H])C([2H])([2H])C([2H])([2H])C([2H])([2H])C([2H])([2H])C([2H])([2H])C([2H])([2H])C([2H])([2H])C([2H])([2H])C([2H])([2H])C([2H])([2H])C([2H])([2H])C(=O)OC[C@H](COP(=O)(O)OCC(O)CO)OC(=O)CCCCCCC/C=C\CCCCCCCC.[Na]. The number of phosphoric acid groups is 1. The predicted octanol–water partition coefficient (Wildman–Crippen LogP) is 10.1. The molecule has 0 spiro atoms. The molecule has 3 atom stereocenters. The Kier molecular flexibility index (Phi) is 15.8. The number of allylic oxidation sites excluding steroid dienone is 2. The summed E-state index contributed by atoms with van der Waals surface area (Å²) in [7, 11) is -5.22. The summed E-state index contributed by atoms with van der Waals surface area (Å²) in [5.41, 5.74) is 0. The second-order valence-corrected chi connectivity index (χ2v) is 12.1. The van der Waals surface area contributed by atoms with Crippen LogP contribution in [0.15, 0.2) is 12.2 Å². The first-order valence-corrected chi connectivity index (χ1v) is 18.3. The minimum atomic E-state index is -5.26. The van der Waals surface area contributed by atoms with E-state index in [1.807, 2.05) is 0 Å². The average molecular weight is 803 g/mol. The van der Waals surface area contributed by atoms with Crippen molar-refractivity contribution >= 4 is 49.3 Å². The van der Waals surface area contributed by atoms with Crippen molar-refractivity contribution in [1.82, 2.24) is 0 Å². The number of carbonyl (C=O) groups is 2. The van der Waals surface area contributed by atoms with E-state index in [1.54, 1.807) is 0 Å². The first-order valence-electron chi connectivity index (χ1n) is 32.3. The van der Waals surface area contributed by atoms with Crippen molar-refractivity contribution in [3.63, 3.8) is 0 Å². The molecule has 0 aliphatic rings. The fourth-order valence-electron chi connectivity index (χ4n) is 3.78. The molecule has 0 amide bonds. The maximum atomic E-state index is 13.4. The summed E-state index contributed by atoms with van der Waals surface area (Å²) >= 11 is 0. The third-order valence-electron chi connectivity index (χ3n) is 6.32. The van der Waals surface area contributed by atoms with Crippen LogP contribution >= 0.6 is 7.82 Å². The molecule has 0 saturated carbocycles. The van der Waals surface area contributed by atoms with Gasteiger partial charge in [-0.1, -0.05) is 154 Å². The molecular weight excluding hydrogens is 694 g/mol. The fourth-order valence-corrected chi connectivity index (χ4v) is 4.57. The van der Waals surface area contributed by atoms with Gasteiger partial charge in [0.25, 0.3) is 0 Å². The molecule has 1 radical (unpaired) electrons. The topological polar surface area (TPSA) is 149 Å². The first-order chi connectivity index (χ1) is 36.4. The Hall–Kier alpha value is -0.290.